The van der Waals surface area contributed by atoms with Crippen molar-refractivity contribution in [2.75, 3.05) is 6.61 Å². The van der Waals surface area contributed by atoms with Gasteiger partial charge in [0.25, 0.3) is 0 Å². The summed E-state index contributed by atoms with van der Waals surface area (Å²) in [4.78, 5) is 33.7. The van der Waals surface area contributed by atoms with E-state index in [-0.39, 0.29) is 6.61 Å². The molecule has 1 aromatic carbocycles. The molecule has 0 heterocycles. The molecular formula is C14H14O4. The Morgan fingerprint density at radius 2 is 1.83 bits per heavy atom. The molecule has 1 aromatic rings. The van der Waals surface area contributed by atoms with Crippen LogP contribution in [0.4, 0.5) is 0 Å². The summed E-state index contributed by atoms with van der Waals surface area (Å²) >= 11 is 0. The van der Waals surface area contributed by atoms with Crippen molar-refractivity contribution in [3.63, 3.8) is 0 Å². The fraction of sp³-hybridized carbons (Fsp3) is 0.214. The van der Waals surface area contributed by atoms with E-state index in [0.717, 1.165) is 5.56 Å². The average molecular weight is 246 g/mol. The SMILES string of the molecule is CCOC(=O)C(=O)CC(=O)C=Cc1ccccc1. The lowest BCUT2D eigenvalue weighted by molar-refractivity contribution is -0.154. The number of esters is 1. The minimum atomic E-state index is -0.959. The number of carbonyl (C=O) groups is 3. The van der Waals surface area contributed by atoms with Crippen molar-refractivity contribution in [1.29, 1.82) is 0 Å². The van der Waals surface area contributed by atoms with Crippen LogP contribution in [-0.4, -0.2) is 24.1 Å². The van der Waals surface area contributed by atoms with Crippen molar-refractivity contribution in [1.82, 2.24) is 0 Å². The summed E-state index contributed by atoms with van der Waals surface area (Å²) in [6.45, 7) is 1.72. The summed E-state index contributed by atoms with van der Waals surface area (Å²) in [6.07, 6.45) is 2.43. The molecule has 18 heavy (non-hydrogen) atoms. The molecule has 0 spiro atoms. The van der Waals surface area contributed by atoms with E-state index in [9.17, 15) is 14.4 Å². The van der Waals surface area contributed by atoms with Gasteiger partial charge < -0.3 is 4.74 Å². The number of carbonyl (C=O) groups excluding carboxylic acids is 3. The van der Waals surface area contributed by atoms with Gasteiger partial charge in [-0.05, 0) is 18.6 Å². The highest BCUT2D eigenvalue weighted by Crippen LogP contribution is 2.02. The van der Waals surface area contributed by atoms with Gasteiger partial charge in [0, 0.05) is 0 Å². The molecule has 0 fully saturated rings. The van der Waals surface area contributed by atoms with Crippen molar-refractivity contribution >= 4 is 23.6 Å². The number of Topliss-reactive ketones (excluding diaryl/α,β-unsaturated/α-hetero) is 1. The Balaban J connectivity index is 2.50. The van der Waals surface area contributed by atoms with Crippen molar-refractivity contribution < 1.29 is 19.1 Å². The average Bonchev–Trinajstić information content (AvgIpc) is 2.38. The van der Waals surface area contributed by atoms with Crippen molar-refractivity contribution in [3.8, 4) is 0 Å². The molecule has 1 rings (SSSR count). The zero-order chi connectivity index (χ0) is 13.4. The molecule has 0 radical (unpaired) electrons. The van der Waals surface area contributed by atoms with Gasteiger partial charge in [-0.2, -0.15) is 0 Å². The molecule has 4 heteroatoms. The van der Waals surface area contributed by atoms with Crippen molar-refractivity contribution in [3.05, 3.63) is 42.0 Å². The van der Waals surface area contributed by atoms with E-state index < -0.39 is 24.0 Å². The maximum Gasteiger partial charge on any atom is 0.375 e. The number of hydrogen-bond donors (Lipinski definition) is 0. The molecule has 0 saturated heterocycles. The van der Waals surface area contributed by atoms with Crippen LogP contribution in [0.3, 0.4) is 0 Å². The highest BCUT2D eigenvalue weighted by molar-refractivity contribution is 6.37. The molecule has 0 amide bonds. The van der Waals surface area contributed by atoms with E-state index in [1.54, 1.807) is 13.0 Å². The number of hydrogen-bond acceptors (Lipinski definition) is 4. The number of ether oxygens (including phenoxy) is 1. The normalized spacial score (nSPS) is 10.3. The van der Waals surface area contributed by atoms with E-state index >= 15 is 0 Å². The van der Waals surface area contributed by atoms with Gasteiger partial charge in [-0.3, -0.25) is 9.59 Å². The fourth-order valence-corrected chi connectivity index (χ4v) is 1.25. The summed E-state index contributed by atoms with van der Waals surface area (Å²) in [6, 6.07) is 9.21. The molecule has 0 unspecified atom stereocenters. The van der Waals surface area contributed by atoms with Crippen LogP contribution in [0.15, 0.2) is 36.4 Å². The van der Waals surface area contributed by atoms with Gasteiger partial charge >= 0.3 is 5.97 Å². The van der Waals surface area contributed by atoms with Crippen LogP contribution < -0.4 is 0 Å². The molecular weight excluding hydrogens is 232 g/mol. The maximum atomic E-state index is 11.4. The van der Waals surface area contributed by atoms with Gasteiger partial charge in [-0.1, -0.05) is 36.4 Å². The Kier molecular flexibility index (Phi) is 5.51. The second kappa shape index (κ2) is 7.17. The lowest BCUT2D eigenvalue weighted by atomic mass is 10.1. The molecule has 0 aliphatic carbocycles. The van der Waals surface area contributed by atoms with Gasteiger partial charge in [0.2, 0.25) is 5.78 Å². The molecule has 0 aliphatic heterocycles. The van der Waals surface area contributed by atoms with E-state index in [2.05, 4.69) is 4.74 Å². The van der Waals surface area contributed by atoms with Crippen LogP contribution in [-0.2, 0) is 19.1 Å². The third-order valence-corrected chi connectivity index (χ3v) is 2.10. The second-order valence-corrected chi connectivity index (χ2v) is 3.53. The summed E-state index contributed by atoms with van der Waals surface area (Å²) in [5.41, 5.74) is 0.856. The second-order valence-electron chi connectivity index (χ2n) is 3.53. The Morgan fingerprint density at radius 3 is 2.44 bits per heavy atom. The zero-order valence-corrected chi connectivity index (χ0v) is 10.1. The molecule has 0 bridgehead atoms. The summed E-state index contributed by atoms with van der Waals surface area (Å²) in [5, 5.41) is 0. The van der Waals surface area contributed by atoms with Crippen LogP contribution >= 0.6 is 0 Å². The summed E-state index contributed by atoms with van der Waals surface area (Å²) in [5.74, 6) is -2.20. The Bertz CT molecular complexity index is 460. The number of allylic oxidation sites excluding steroid dienone is 1. The smallest absolute Gasteiger partial charge is 0.375 e. The van der Waals surface area contributed by atoms with Gasteiger partial charge in [-0.15, -0.1) is 0 Å². The first-order valence-electron chi connectivity index (χ1n) is 5.59. The largest absolute Gasteiger partial charge is 0.460 e. The third kappa shape index (κ3) is 4.74. The standard InChI is InChI=1S/C14H14O4/c1-2-18-14(17)13(16)10-12(15)9-8-11-6-4-3-5-7-11/h3-9H,2,10H2,1H3. The van der Waals surface area contributed by atoms with Crippen molar-refractivity contribution in [2.45, 2.75) is 13.3 Å². The predicted octanol–water partition coefficient (Wildman–Crippen LogP) is 1.79. The molecule has 4 nitrogen and oxygen atoms in total. The van der Waals surface area contributed by atoms with Gasteiger partial charge in [-0.25, -0.2) is 4.79 Å². The molecule has 0 saturated carbocycles. The fourth-order valence-electron chi connectivity index (χ4n) is 1.25. The lowest BCUT2D eigenvalue weighted by Gasteiger charge is -1.98. The van der Waals surface area contributed by atoms with Crippen LogP contribution in [0.25, 0.3) is 6.08 Å². The Hall–Kier alpha value is -2.23. The highest BCUT2D eigenvalue weighted by atomic mass is 16.5. The maximum absolute atomic E-state index is 11.4. The third-order valence-electron chi connectivity index (χ3n) is 2.10. The van der Waals surface area contributed by atoms with Crippen molar-refractivity contribution in [2.24, 2.45) is 0 Å². The minimum Gasteiger partial charge on any atom is -0.460 e. The van der Waals surface area contributed by atoms with Crippen LogP contribution in [0.5, 0.6) is 0 Å². The summed E-state index contributed by atoms with van der Waals surface area (Å²) < 4.78 is 4.50. The Labute approximate surface area is 105 Å². The lowest BCUT2D eigenvalue weighted by Crippen LogP contribution is -2.19. The van der Waals surface area contributed by atoms with Gasteiger partial charge in [0.1, 0.15) is 0 Å². The zero-order valence-electron chi connectivity index (χ0n) is 10.1. The highest BCUT2D eigenvalue weighted by Gasteiger charge is 2.17. The number of benzene rings is 1. The molecule has 94 valence electrons. The molecule has 0 atom stereocenters. The molecule has 0 aromatic heterocycles. The van der Waals surface area contributed by atoms with Gasteiger partial charge in [0.05, 0.1) is 13.0 Å². The van der Waals surface area contributed by atoms with E-state index in [1.807, 2.05) is 30.3 Å². The van der Waals surface area contributed by atoms with E-state index in [1.165, 1.54) is 6.08 Å². The Morgan fingerprint density at radius 1 is 1.17 bits per heavy atom. The molecule has 0 N–H and O–H groups in total. The van der Waals surface area contributed by atoms with Crippen LogP contribution in [0.2, 0.25) is 0 Å². The van der Waals surface area contributed by atoms with E-state index in [4.69, 9.17) is 0 Å². The van der Waals surface area contributed by atoms with E-state index in [0.29, 0.717) is 0 Å². The van der Waals surface area contributed by atoms with Gasteiger partial charge in [0.15, 0.2) is 5.78 Å². The minimum absolute atomic E-state index is 0.124. The number of rotatable bonds is 6. The first kappa shape index (κ1) is 13.8. The molecule has 0 aliphatic rings. The first-order valence-corrected chi connectivity index (χ1v) is 5.59. The number of ketones is 2. The monoisotopic (exact) mass is 246 g/mol. The predicted molar refractivity (Wildman–Crippen MR) is 66.7 cm³/mol. The topological polar surface area (TPSA) is 60.4 Å². The van der Waals surface area contributed by atoms with Crippen LogP contribution in [0, 0.1) is 0 Å². The van der Waals surface area contributed by atoms with Crippen LogP contribution in [0.1, 0.15) is 18.9 Å². The summed E-state index contributed by atoms with van der Waals surface area (Å²) in [7, 11) is 0. The first-order chi connectivity index (χ1) is 8.63. The quantitative estimate of drug-likeness (QED) is 0.332.